The lowest BCUT2D eigenvalue weighted by atomic mass is 10.0. The number of hydrogen-bond donors (Lipinski definition) is 2. The Hall–Kier alpha value is -1.00. The average Bonchev–Trinajstić information content (AvgIpc) is 1.85. The highest BCUT2D eigenvalue weighted by molar-refractivity contribution is 6.00. The van der Waals surface area contributed by atoms with Crippen molar-refractivity contribution in [2.45, 2.75) is 20.0 Å². The summed E-state index contributed by atoms with van der Waals surface area (Å²) >= 11 is 0. The second-order valence-corrected chi connectivity index (χ2v) is 2.65. The Morgan fingerprint density at radius 2 is 1.83 bits per heavy atom. The van der Waals surface area contributed by atoms with Crippen LogP contribution in [0.4, 0.5) is 13.2 Å². The molecule has 0 aliphatic carbocycles. The van der Waals surface area contributed by atoms with Crippen molar-refractivity contribution in [3.05, 3.63) is 11.8 Å². The summed E-state index contributed by atoms with van der Waals surface area (Å²) in [5.74, 6) is -0.471. The van der Waals surface area contributed by atoms with Gasteiger partial charge in [0.15, 0.2) is 0 Å². The number of nitrogens with two attached hydrogens (primary N) is 1. The van der Waals surface area contributed by atoms with E-state index < -0.39 is 23.4 Å². The molecule has 5 heteroatoms. The summed E-state index contributed by atoms with van der Waals surface area (Å²) in [5, 5.41) is 7.09. The maximum absolute atomic E-state index is 12.0. The first-order valence-corrected chi connectivity index (χ1v) is 3.38. The third kappa shape index (κ3) is 2.56. The molecule has 0 saturated heterocycles. The molecular weight excluding hydrogens is 169 g/mol. The van der Waals surface area contributed by atoms with E-state index in [0.29, 0.717) is 6.20 Å². The van der Waals surface area contributed by atoms with Crippen molar-refractivity contribution in [3.63, 3.8) is 0 Å². The molecule has 0 radical (unpaired) electrons. The van der Waals surface area contributed by atoms with Gasteiger partial charge in [-0.2, -0.15) is 13.2 Å². The molecule has 0 saturated carbocycles. The summed E-state index contributed by atoms with van der Waals surface area (Å²) in [6, 6.07) is 0. The fraction of sp³-hybridized carbons (Fsp3) is 0.571. The van der Waals surface area contributed by atoms with Gasteiger partial charge in [0.2, 0.25) is 0 Å². The third-order valence-corrected chi connectivity index (χ3v) is 1.34. The van der Waals surface area contributed by atoms with Gasteiger partial charge in [0.25, 0.3) is 0 Å². The second kappa shape index (κ2) is 3.60. The average molecular weight is 180 g/mol. The molecule has 0 atom stereocenters. The zero-order chi connectivity index (χ0) is 9.94. The van der Waals surface area contributed by atoms with Crippen LogP contribution >= 0.6 is 0 Å². The van der Waals surface area contributed by atoms with Gasteiger partial charge < -0.3 is 11.1 Å². The molecular formula is C7H11F3N2. The van der Waals surface area contributed by atoms with E-state index in [2.05, 4.69) is 0 Å². The van der Waals surface area contributed by atoms with Crippen LogP contribution in [0, 0.1) is 11.3 Å². The predicted octanol–water partition coefficient (Wildman–Crippen LogP) is 2.07. The summed E-state index contributed by atoms with van der Waals surface area (Å²) in [5.41, 5.74) is 3.24. The monoisotopic (exact) mass is 180 g/mol. The quantitative estimate of drug-likeness (QED) is 0.628. The van der Waals surface area contributed by atoms with Crippen molar-refractivity contribution in [2.24, 2.45) is 11.7 Å². The highest BCUT2D eigenvalue weighted by atomic mass is 19.4. The molecule has 0 aromatic rings. The fourth-order valence-corrected chi connectivity index (χ4v) is 0.648. The van der Waals surface area contributed by atoms with Crippen LogP contribution in [-0.2, 0) is 0 Å². The standard InChI is InChI=1S/C7H11F3N2/c1-4(2)6(12)5(3-11)7(8,9)10/h3-4,12H,11H2,1-2H3/b5-3+,12-6?. The van der Waals surface area contributed by atoms with Gasteiger partial charge in [-0.1, -0.05) is 13.8 Å². The minimum Gasteiger partial charge on any atom is -0.404 e. The Morgan fingerprint density at radius 3 is 1.92 bits per heavy atom. The normalized spacial score (nSPS) is 13.7. The number of alkyl halides is 3. The van der Waals surface area contributed by atoms with Gasteiger partial charge in [-0.05, 0) is 5.92 Å². The van der Waals surface area contributed by atoms with Crippen LogP contribution in [0.3, 0.4) is 0 Å². The number of nitrogens with one attached hydrogen (secondary N) is 1. The van der Waals surface area contributed by atoms with E-state index >= 15 is 0 Å². The van der Waals surface area contributed by atoms with Crippen LogP contribution in [0.5, 0.6) is 0 Å². The maximum atomic E-state index is 12.0. The van der Waals surface area contributed by atoms with Crippen molar-refractivity contribution >= 4 is 5.71 Å². The highest BCUT2D eigenvalue weighted by Gasteiger charge is 2.36. The molecule has 0 aliphatic rings. The van der Waals surface area contributed by atoms with Gasteiger partial charge in [0.1, 0.15) is 0 Å². The summed E-state index contributed by atoms with van der Waals surface area (Å²) in [6.45, 7) is 3.02. The molecule has 12 heavy (non-hydrogen) atoms. The number of allylic oxidation sites excluding steroid dienone is 1. The van der Waals surface area contributed by atoms with Crippen molar-refractivity contribution in [1.29, 1.82) is 5.41 Å². The molecule has 0 fully saturated rings. The highest BCUT2D eigenvalue weighted by Crippen LogP contribution is 2.27. The van der Waals surface area contributed by atoms with E-state index in [4.69, 9.17) is 11.1 Å². The van der Waals surface area contributed by atoms with Crippen molar-refractivity contribution in [2.75, 3.05) is 0 Å². The minimum absolute atomic E-state index is 0.433. The van der Waals surface area contributed by atoms with Crippen molar-refractivity contribution in [1.82, 2.24) is 0 Å². The zero-order valence-corrected chi connectivity index (χ0v) is 6.87. The van der Waals surface area contributed by atoms with Crippen molar-refractivity contribution in [3.8, 4) is 0 Å². The molecule has 0 bridgehead atoms. The summed E-state index contributed by atoms with van der Waals surface area (Å²) in [6.07, 6.45) is -4.08. The summed E-state index contributed by atoms with van der Waals surface area (Å²) < 4.78 is 36.1. The topological polar surface area (TPSA) is 49.9 Å². The van der Waals surface area contributed by atoms with Crippen LogP contribution in [0.15, 0.2) is 11.8 Å². The SMILES string of the molecule is CC(C)C(=N)/C(=C\N)C(F)(F)F. The second-order valence-electron chi connectivity index (χ2n) is 2.65. The van der Waals surface area contributed by atoms with Crippen LogP contribution in [0.1, 0.15) is 13.8 Å². The molecule has 0 unspecified atom stereocenters. The van der Waals surface area contributed by atoms with Crippen LogP contribution < -0.4 is 5.73 Å². The molecule has 0 aromatic heterocycles. The third-order valence-electron chi connectivity index (χ3n) is 1.34. The molecule has 0 heterocycles. The Kier molecular flexibility index (Phi) is 3.30. The Labute approximate surface area is 68.8 Å². The lowest BCUT2D eigenvalue weighted by Crippen LogP contribution is -2.24. The number of hydrogen-bond acceptors (Lipinski definition) is 2. The fourth-order valence-electron chi connectivity index (χ4n) is 0.648. The van der Waals surface area contributed by atoms with E-state index in [9.17, 15) is 13.2 Å². The summed E-state index contributed by atoms with van der Waals surface area (Å²) in [7, 11) is 0. The van der Waals surface area contributed by atoms with Gasteiger partial charge in [0.05, 0.1) is 5.57 Å². The smallest absolute Gasteiger partial charge is 0.404 e. The lowest BCUT2D eigenvalue weighted by Gasteiger charge is -2.14. The number of rotatable bonds is 2. The predicted molar refractivity (Wildman–Crippen MR) is 40.9 cm³/mol. The maximum Gasteiger partial charge on any atom is 0.419 e. The van der Waals surface area contributed by atoms with Gasteiger partial charge >= 0.3 is 6.18 Å². The Balaban J connectivity index is 4.73. The van der Waals surface area contributed by atoms with Crippen LogP contribution in [-0.4, -0.2) is 11.9 Å². The van der Waals surface area contributed by atoms with E-state index in [-0.39, 0.29) is 0 Å². The van der Waals surface area contributed by atoms with Gasteiger partial charge in [-0.15, -0.1) is 0 Å². The van der Waals surface area contributed by atoms with E-state index in [1.165, 1.54) is 13.8 Å². The zero-order valence-electron chi connectivity index (χ0n) is 6.87. The number of halogens is 3. The molecule has 70 valence electrons. The molecule has 2 nitrogen and oxygen atoms in total. The first kappa shape index (κ1) is 11.0. The van der Waals surface area contributed by atoms with E-state index in [1.807, 2.05) is 0 Å². The molecule has 0 aliphatic heterocycles. The lowest BCUT2D eigenvalue weighted by molar-refractivity contribution is -0.0866. The molecule has 0 spiro atoms. The molecule has 0 rings (SSSR count). The van der Waals surface area contributed by atoms with Crippen molar-refractivity contribution < 1.29 is 13.2 Å². The van der Waals surface area contributed by atoms with Gasteiger partial charge in [-0.3, -0.25) is 0 Å². The first-order valence-electron chi connectivity index (χ1n) is 3.38. The largest absolute Gasteiger partial charge is 0.419 e. The minimum atomic E-state index is -4.52. The van der Waals surface area contributed by atoms with Gasteiger partial charge in [-0.25, -0.2) is 0 Å². The van der Waals surface area contributed by atoms with Crippen LogP contribution in [0.2, 0.25) is 0 Å². The van der Waals surface area contributed by atoms with E-state index in [1.54, 1.807) is 0 Å². The molecule has 0 amide bonds. The molecule has 3 N–H and O–H groups in total. The van der Waals surface area contributed by atoms with E-state index in [0.717, 1.165) is 0 Å². The van der Waals surface area contributed by atoms with Crippen LogP contribution in [0.25, 0.3) is 0 Å². The Bertz CT molecular complexity index is 203. The Morgan fingerprint density at radius 1 is 1.42 bits per heavy atom. The molecule has 0 aromatic carbocycles. The van der Waals surface area contributed by atoms with Gasteiger partial charge in [0, 0.05) is 11.9 Å². The summed E-state index contributed by atoms with van der Waals surface area (Å²) in [4.78, 5) is 0. The first-order chi connectivity index (χ1) is 5.30.